The van der Waals surface area contributed by atoms with Crippen LogP contribution in [-0.4, -0.2) is 19.1 Å². The minimum atomic E-state index is -0.506. The van der Waals surface area contributed by atoms with E-state index in [1.165, 1.54) is 18.2 Å². The first-order chi connectivity index (χ1) is 11.0. The fraction of sp³-hybridized carbons (Fsp3) is 0.250. The fourth-order valence-corrected chi connectivity index (χ4v) is 2.28. The summed E-state index contributed by atoms with van der Waals surface area (Å²) >= 11 is 6.01. The number of non-ortho nitro benzene ring substituents is 1. The van der Waals surface area contributed by atoms with Crippen molar-refractivity contribution in [1.29, 1.82) is 0 Å². The van der Waals surface area contributed by atoms with Gasteiger partial charge in [0.25, 0.3) is 5.69 Å². The number of methoxy groups -OCH3 is 2. The number of nitro groups is 1. The number of nitrogens with zero attached hydrogens (tertiary/aromatic N) is 1. The van der Waals surface area contributed by atoms with Crippen LogP contribution in [0.1, 0.15) is 11.1 Å². The van der Waals surface area contributed by atoms with Crippen LogP contribution in [0.25, 0.3) is 0 Å². The van der Waals surface area contributed by atoms with E-state index in [1.807, 2.05) is 19.1 Å². The SMILES string of the molecule is COc1cc(C)c(COc2ccc([N+](=O)[O-])cc2Cl)cc1OC. The largest absolute Gasteiger partial charge is 0.493 e. The Morgan fingerprint density at radius 3 is 2.30 bits per heavy atom. The van der Waals surface area contributed by atoms with Crippen molar-refractivity contribution >= 4 is 17.3 Å². The molecule has 0 heterocycles. The zero-order valence-corrected chi connectivity index (χ0v) is 13.7. The lowest BCUT2D eigenvalue weighted by Crippen LogP contribution is -2.01. The lowest BCUT2D eigenvalue weighted by atomic mass is 10.1. The molecule has 0 unspecified atom stereocenters. The van der Waals surface area contributed by atoms with Gasteiger partial charge >= 0.3 is 0 Å². The van der Waals surface area contributed by atoms with E-state index in [0.717, 1.165) is 11.1 Å². The Labute approximate surface area is 138 Å². The quantitative estimate of drug-likeness (QED) is 0.585. The van der Waals surface area contributed by atoms with Crippen molar-refractivity contribution in [2.75, 3.05) is 14.2 Å². The highest BCUT2D eigenvalue weighted by molar-refractivity contribution is 6.32. The monoisotopic (exact) mass is 337 g/mol. The molecule has 0 saturated carbocycles. The number of benzene rings is 2. The van der Waals surface area contributed by atoms with Crippen LogP contribution in [0.4, 0.5) is 5.69 Å². The van der Waals surface area contributed by atoms with Crippen molar-refractivity contribution in [2.24, 2.45) is 0 Å². The third-order valence-corrected chi connectivity index (χ3v) is 3.65. The molecule has 0 aliphatic rings. The van der Waals surface area contributed by atoms with Crippen LogP contribution < -0.4 is 14.2 Å². The minimum Gasteiger partial charge on any atom is -0.493 e. The lowest BCUT2D eigenvalue weighted by molar-refractivity contribution is -0.384. The molecular weight excluding hydrogens is 322 g/mol. The first kappa shape index (κ1) is 16.9. The van der Waals surface area contributed by atoms with E-state index in [1.54, 1.807) is 14.2 Å². The fourth-order valence-electron chi connectivity index (χ4n) is 2.05. The van der Waals surface area contributed by atoms with Gasteiger partial charge in [-0.3, -0.25) is 10.1 Å². The van der Waals surface area contributed by atoms with Crippen LogP contribution in [0, 0.1) is 17.0 Å². The van der Waals surface area contributed by atoms with Gasteiger partial charge in [-0.15, -0.1) is 0 Å². The van der Waals surface area contributed by atoms with Crippen LogP contribution in [0.3, 0.4) is 0 Å². The molecule has 0 N–H and O–H groups in total. The van der Waals surface area contributed by atoms with Crippen molar-refractivity contribution in [3.05, 3.63) is 56.6 Å². The van der Waals surface area contributed by atoms with E-state index < -0.39 is 4.92 Å². The molecule has 2 aromatic rings. The molecule has 0 radical (unpaired) electrons. The maximum atomic E-state index is 10.7. The van der Waals surface area contributed by atoms with Crippen LogP contribution in [0.2, 0.25) is 5.02 Å². The molecule has 0 aliphatic heterocycles. The molecule has 122 valence electrons. The molecule has 0 spiro atoms. The van der Waals surface area contributed by atoms with Crippen molar-refractivity contribution in [3.63, 3.8) is 0 Å². The molecular formula is C16H16ClNO5. The molecule has 0 fully saturated rings. The summed E-state index contributed by atoms with van der Waals surface area (Å²) in [5.41, 5.74) is 1.79. The zero-order chi connectivity index (χ0) is 17.0. The summed E-state index contributed by atoms with van der Waals surface area (Å²) in [6, 6.07) is 7.78. The van der Waals surface area contributed by atoms with E-state index in [9.17, 15) is 10.1 Å². The van der Waals surface area contributed by atoms with E-state index >= 15 is 0 Å². The number of ether oxygens (including phenoxy) is 3. The number of halogens is 1. The van der Waals surface area contributed by atoms with E-state index in [0.29, 0.717) is 17.2 Å². The maximum absolute atomic E-state index is 10.7. The maximum Gasteiger partial charge on any atom is 0.271 e. The van der Waals surface area contributed by atoms with Gasteiger partial charge < -0.3 is 14.2 Å². The molecule has 0 saturated heterocycles. The first-order valence-electron chi connectivity index (χ1n) is 6.74. The number of hydrogen-bond donors (Lipinski definition) is 0. The van der Waals surface area contributed by atoms with Crippen LogP contribution in [-0.2, 0) is 6.61 Å². The average Bonchev–Trinajstić information content (AvgIpc) is 2.54. The molecule has 6 nitrogen and oxygen atoms in total. The van der Waals surface area contributed by atoms with Gasteiger partial charge in [0.2, 0.25) is 0 Å². The first-order valence-corrected chi connectivity index (χ1v) is 7.12. The molecule has 7 heteroatoms. The second-order valence-electron chi connectivity index (χ2n) is 4.79. The van der Waals surface area contributed by atoms with Gasteiger partial charge in [0.1, 0.15) is 12.4 Å². The summed E-state index contributed by atoms with van der Waals surface area (Å²) in [6.45, 7) is 2.18. The summed E-state index contributed by atoms with van der Waals surface area (Å²) in [6.07, 6.45) is 0. The molecule has 0 aromatic heterocycles. The Hall–Kier alpha value is -2.47. The molecule has 2 rings (SSSR count). The normalized spacial score (nSPS) is 10.3. The summed E-state index contributed by atoms with van der Waals surface area (Å²) in [5.74, 6) is 1.63. The molecule has 0 bridgehead atoms. The zero-order valence-electron chi connectivity index (χ0n) is 13.0. The van der Waals surface area contributed by atoms with Crippen molar-refractivity contribution in [3.8, 4) is 17.2 Å². The highest BCUT2D eigenvalue weighted by atomic mass is 35.5. The van der Waals surface area contributed by atoms with Crippen molar-refractivity contribution in [2.45, 2.75) is 13.5 Å². The second-order valence-corrected chi connectivity index (χ2v) is 5.20. The van der Waals surface area contributed by atoms with Crippen LogP contribution in [0.5, 0.6) is 17.2 Å². The Kier molecular flexibility index (Phi) is 5.28. The highest BCUT2D eigenvalue weighted by Crippen LogP contribution is 2.32. The van der Waals surface area contributed by atoms with E-state index in [2.05, 4.69) is 0 Å². The van der Waals surface area contributed by atoms with Gasteiger partial charge in [-0.2, -0.15) is 0 Å². The second kappa shape index (κ2) is 7.19. The van der Waals surface area contributed by atoms with Crippen LogP contribution >= 0.6 is 11.6 Å². The summed E-state index contributed by atoms with van der Waals surface area (Å²) < 4.78 is 16.2. The Balaban J connectivity index is 2.19. The predicted octanol–water partition coefficient (Wildman–Crippen LogP) is 4.15. The molecule has 23 heavy (non-hydrogen) atoms. The molecule has 0 amide bonds. The van der Waals surface area contributed by atoms with Gasteiger partial charge in [-0.05, 0) is 36.2 Å². The molecule has 0 atom stereocenters. The topological polar surface area (TPSA) is 70.8 Å². The standard InChI is InChI=1S/C16H16ClNO5/c1-10-6-15(21-2)16(22-3)7-11(10)9-23-14-5-4-12(18(19)20)8-13(14)17/h4-8H,9H2,1-3H3. The minimum absolute atomic E-state index is 0.0790. The van der Waals surface area contributed by atoms with E-state index in [-0.39, 0.29) is 17.3 Å². The number of aryl methyl sites for hydroxylation is 1. The lowest BCUT2D eigenvalue weighted by Gasteiger charge is -2.14. The summed E-state index contributed by atoms with van der Waals surface area (Å²) in [4.78, 5) is 10.2. The Morgan fingerprint density at radius 1 is 1.09 bits per heavy atom. The van der Waals surface area contributed by atoms with Crippen molar-refractivity contribution < 1.29 is 19.1 Å². The number of rotatable bonds is 6. The number of hydrogen-bond acceptors (Lipinski definition) is 5. The number of nitro benzene ring substituents is 1. The molecule has 0 aliphatic carbocycles. The summed E-state index contributed by atoms with van der Waals surface area (Å²) in [5, 5.41) is 10.9. The average molecular weight is 338 g/mol. The predicted molar refractivity (Wildman–Crippen MR) is 86.7 cm³/mol. The van der Waals surface area contributed by atoms with Crippen LogP contribution in [0.15, 0.2) is 30.3 Å². The van der Waals surface area contributed by atoms with Gasteiger partial charge in [-0.1, -0.05) is 11.6 Å². The Bertz CT molecular complexity index is 733. The van der Waals surface area contributed by atoms with E-state index in [4.69, 9.17) is 25.8 Å². The van der Waals surface area contributed by atoms with Crippen molar-refractivity contribution in [1.82, 2.24) is 0 Å². The smallest absolute Gasteiger partial charge is 0.271 e. The molecule has 2 aromatic carbocycles. The Morgan fingerprint density at radius 2 is 1.74 bits per heavy atom. The highest BCUT2D eigenvalue weighted by Gasteiger charge is 2.12. The third kappa shape index (κ3) is 3.84. The summed E-state index contributed by atoms with van der Waals surface area (Å²) in [7, 11) is 3.13. The van der Waals surface area contributed by atoms with Gasteiger partial charge in [0.05, 0.1) is 24.2 Å². The third-order valence-electron chi connectivity index (χ3n) is 3.35. The van der Waals surface area contributed by atoms with Gasteiger partial charge in [0.15, 0.2) is 11.5 Å². The van der Waals surface area contributed by atoms with Gasteiger partial charge in [-0.25, -0.2) is 0 Å². The van der Waals surface area contributed by atoms with Gasteiger partial charge in [0, 0.05) is 12.1 Å².